The lowest BCUT2D eigenvalue weighted by Gasteiger charge is -2.10. The van der Waals surface area contributed by atoms with E-state index in [1.165, 1.54) is 5.01 Å². The standard InChI is InChI=1S/C6H13N3O2/c1-4-7(5-2)9(11)8(10)6-3/h6H,3-5H2,1-2H3/b9-8+. The van der Waals surface area contributed by atoms with Gasteiger partial charge >= 0.3 is 0 Å². The van der Waals surface area contributed by atoms with Crippen LogP contribution in [0.2, 0.25) is 0 Å². The van der Waals surface area contributed by atoms with E-state index in [0.29, 0.717) is 13.1 Å². The molecule has 0 aliphatic rings. The highest BCUT2D eigenvalue weighted by Crippen LogP contribution is 1.88. The molecule has 0 rings (SSSR count). The fourth-order valence-electron chi connectivity index (χ4n) is 0.660. The van der Waals surface area contributed by atoms with E-state index < -0.39 is 0 Å². The molecule has 0 aromatic rings. The summed E-state index contributed by atoms with van der Waals surface area (Å²) in [6, 6.07) is 0. The minimum atomic E-state index is 0.146. The van der Waals surface area contributed by atoms with Gasteiger partial charge in [0.2, 0.25) is 0 Å². The largest absolute Gasteiger partial charge is 0.658 e. The minimum absolute atomic E-state index is 0.146. The van der Waals surface area contributed by atoms with Crippen molar-refractivity contribution in [3.63, 3.8) is 0 Å². The van der Waals surface area contributed by atoms with Gasteiger partial charge in [-0.3, -0.25) is 0 Å². The molecule has 64 valence electrons. The Morgan fingerprint density at radius 3 is 2.09 bits per heavy atom. The van der Waals surface area contributed by atoms with Gasteiger partial charge in [-0.05, 0) is 18.9 Å². The number of hydrazine groups is 1. The van der Waals surface area contributed by atoms with Crippen molar-refractivity contribution >= 4 is 0 Å². The van der Waals surface area contributed by atoms with Crippen molar-refractivity contribution in [3.05, 3.63) is 23.2 Å². The normalized spacial score (nSPS) is 12.2. The maximum absolute atomic E-state index is 10.9. The molecule has 11 heavy (non-hydrogen) atoms. The highest BCUT2D eigenvalue weighted by Gasteiger charge is 2.13. The van der Waals surface area contributed by atoms with Crippen LogP contribution in [-0.2, 0) is 0 Å². The summed E-state index contributed by atoms with van der Waals surface area (Å²) in [5.41, 5.74) is 0. The molecule has 0 spiro atoms. The third-order valence-electron chi connectivity index (χ3n) is 1.30. The van der Waals surface area contributed by atoms with E-state index in [4.69, 9.17) is 0 Å². The van der Waals surface area contributed by atoms with Gasteiger partial charge in [-0.25, -0.2) is 0 Å². The van der Waals surface area contributed by atoms with Gasteiger partial charge in [0.1, 0.15) is 13.1 Å². The van der Waals surface area contributed by atoms with Crippen LogP contribution in [0.3, 0.4) is 0 Å². The van der Waals surface area contributed by atoms with Crippen molar-refractivity contribution in [2.24, 2.45) is 0 Å². The first-order valence-corrected chi connectivity index (χ1v) is 3.48. The monoisotopic (exact) mass is 159 g/mol. The van der Waals surface area contributed by atoms with Crippen molar-refractivity contribution in [3.8, 4) is 0 Å². The van der Waals surface area contributed by atoms with Crippen molar-refractivity contribution < 1.29 is 9.83 Å². The van der Waals surface area contributed by atoms with E-state index in [0.717, 1.165) is 6.20 Å². The molecule has 5 heteroatoms. The lowest BCUT2D eigenvalue weighted by Crippen LogP contribution is -2.34. The van der Waals surface area contributed by atoms with Gasteiger partial charge < -0.3 is 10.4 Å². The summed E-state index contributed by atoms with van der Waals surface area (Å²) >= 11 is 0. The first-order valence-electron chi connectivity index (χ1n) is 3.48. The SMILES string of the molecule is C=C/[N+]([O-])=[N+](\[O-])N(CC)CC. The topological polar surface area (TPSA) is 55.4 Å². The average molecular weight is 159 g/mol. The van der Waals surface area contributed by atoms with Crippen LogP contribution in [0.5, 0.6) is 0 Å². The molecule has 0 heterocycles. The van der Waals surface area contributed by atoms with E-state index in [2.05, 4.69) is 6.58 Å². The lowest BCUT2D eigenvalue weighted by atomic mass is 10.6. The molecular formula is C6H13N3O2. The number of nitrogens with zero attached hydrogens (tertiary/aromatic N) is 3. The number of hydrogen-bond acceptors (Lipinski definition) is 2. The molecule has 0 fully saturated rings. The first-order chi connectivity index (χ1) is 5.17. The second-order valence-corrected chi connectivity index (χ2v) is 1.88. The lowest BCUT2D eigenvalue weighted by molar-refractivity contribution is -1.01. The summed E-state index contributed by atoms with van der Waals surface area (Å²) in [5.74, 6) is 0. The Labute approximate surface area is 66.0 Å². The van der Waals surface area contributed by atoms with E-state index in [9.17, 15) is 10.4 Å². The molecule has 0 radical (unpaired) electrons. The van der Waals surface area contributed by atoms with Crippen molar-refractivity contribution in [2.45, 2.75) is 13.8 Å². The summed E-state index contributed by atoms with van der Waals surface area (Å²) in [4.78, 5) is 0.389. The Bertz CT molecular complexity index is 163. The molecule has 0 amide bonds. The molecule has 0 bridgehead atoms. The predicted molar refractivity (Wildman–Crippen MR) is 40.4 cm³/mol. The zero-order valence-corrected chi connectivity index (χ0v) is 6.86. The van der Waals surface area contributed by atoms with Crippen LogP contribution in [0.25, 0.3) is 0 Å². The predicted octanol–water partition coefficient (Wildman–Crippen LogP) is 0.859. The third kappa shape index (κ3) is 2.45. The smallest absolute Gasteiger partial charge is 0.167 e. The molecule has 0 N–H and O–H groups in total. The molecule has 0 aromatic carbocycles. The summed E-state index contributed by atoms with van der Waals surface area (Å²) in [7, 11) is 0. The fourth-order valence-corrected chi connectivity index (χ4v) is 0.660. The zero-order valence-electron chi connectivity index (χ0n) is 6.86. The number of hydrogen-bond donors (Lipinski definition) is 0. The Kier molecular flexibility index (Phi) is 4.02. The first kappa shape index (κ1) is 9.74. The van der Waals surface area contributed by atoms with Crippen LogP contribution in [0.4, 0.5) is 0 Å². The van der Waals surface area contributed by atoms with Crippen LogP contribution >= 0.6 is 0 Å². The Morgan fingerprint density at radius 1 is 1.36 bits per heavy atom. The summed E-state index contributed by atoms with van der Waals surface area (Å²) in [6.07, 6.45) is 0.922. The molecular weight excluding hydrogens is 146 g/mol. The van der Waals surface area contributed by atoms with E-state index in [-0.39, 0.29) is 9.83 Å². The molecule has 0 aliphatic heterocycles. The third-order valence-corrected chi connectivity index (χ3v) is 1.30. The van der Waals surface area contributed by atoms with Crippen molar-refractivity contribution in [1.29, 1.82) is 0 Å². The van der Waals surface area contributed by atoms with E-state index in [1.807, 2.05) is 0 Å². The second kappa shape index (κ2) is 4.54. The van der Waals surface area contributed by atoms with E-state index >= 15 is 0 Å². The maximum atomic E-state index is 10.9. The van der Waals surface area contributed by atoms with Gasteiger partial charge in [-0.1, -0.05) is 6.58 Å². The van der Waals surface area contributed by atoms with Crippen LogP contribution in [0.15, 0.2) is 12.8 Å². The highest BCUT2D eigenvalue weighted by atomic mass is 16.6. The van der Waals surface area contributed by atoms with Crippen LogP contribution in [0.1, 0.15) is 13.8 Å². The summed E-state index contributed by atoms with van der Waals surface area (Å²) in [6.45, 7) is 7.78. The molecule has 5 nitrogen and oxygen atoms in total. The maximum Gasteiger partial charge on any atom is 0.167 e. The summed E-state index contributed by atoms with van der Waals surface area (Å²) < 4.78 is 0. The molecule has 0 aromatic heterocycles. The van der Waals surface area contributed by atoms with Gasteiger partial charge in [0.15, 0.2) is 11.2 Å². The van der Waals surface area contributed by atoms with Gasteiger partial charge in [-0.2, -0.15) is 0 Å². The zero-order chi connectivity index (χ0) is 8.85. The molecule has 0 saturated carbocycles. The fraction of sp³-hybridized carbons (Fsp3) is 0.667. The van der Waals surface area contributed by atoms with Crippen LogP contribution in [0, 0.1) is 10.4 Å². The molecule has 0 unspecified atom stereocenters. The highest BCUT2D eigenvalue weighted by molar-refractivity contribution is 4.41. The van der Waals surface area contributed by atoms with Crippen molar-refractivity contribution in [1.82, 2.24) is 5.01 Å². The van der Waals surface area contributed by atoms with Crippen LogP contribution < -0.4 is 0 Å². The molecule has 0 aliphatic carbocycles. The van der Waals surface area contributed by atoms with Gasteiger partial charge in [0.25, 0.3) is 0 Å². The van der Waals surface area contributed by atoms with E-state index in [1.54, 1.807) is 13.8 Å². The van der Waals surface area contributed by atoms with Gasteiger partial charge in [0.05, 0.1) is 0 Å². The van der Waals surface area contributed by atoms with Crippen LogP contribution in [-0.4, -0.2) is 27.9 Å². The Hall–Kier alpha value is -1.26. The van der Waals surface area contributed by atoms with Gasteiger partial charge in [-0.15, -0.1) is 0 Å². The number of rotatable bonds is 4. The Balaban J connectivity index is 4.40. The average Bonchev–Trinajstić information content (AvgIpc) is 2.05. The summed E-state index contributed by atoms with van der Waals surface area (Å²) in [5, 5.41) is 22.9. The minimum Gasteiger partial charge on any atom is -0.658 e. The quantitative estimate of drug-likeness (QED) is 0.347. The number of hydroxylamine groups is 1. The van der Waals surface area contributed by atoms with Gasteiger partial charge in [0, 0.05) is 4.86 Å². The second-order valence-electron chi connectivity index (χ2n) is 1.88. The Morgan fingerprint density at radius 2 is 1.82 bits per heavy atom. The van der Waals surface area contributed by atoms with Crippen molar-refractivity contribution in [2.75, 3.05) is 13.1 Å². The molecule has 0 atom stereocenters. The molecule has 0 saturated heterocycles.